The van der Waals surface area contributed by atoms with Crippen LogP contribution in [0.3, 0.4) is 0 Å². The van der Waals surface area contributed by atoms with Crippen LogP contribution in [0.1, 0.15) is 24.2 Å². The molecule has 2 aromatic carbocycles. The maximum atomic E-state index is 11.8. The third-order valence-corrected chi connectivity index (χ3v) is 5.51. The van der Waals surface area contributed by atoms with Gasteiger partial charge >= 0.3 is 5.97 Å². The molecule has 0 spiro atoms. The SMILES string of the molecule is CCN(CC)c1nc(N)c(N=Nc2ccc(N=Nc3ccc(SOOO)cc3)cc2C(=O)O)c(Cl)n1. The maximum Gasteiger partial charge on any atom is 0.338 e. The van der Waals surface area contributed by atoms with Crippen LogP contribution in [0.15, 0.2) is 67.8 Å². The summed E-state index contributed by atoms with van der Waals surface area (Å²) in [6.45, 7) is 5.22. The van der Waals surface area contributed by atoms with Gasteiger partial charge in [0.1, 0.15) is 5.69 Å². The van der Waals surface area contributed by atoms with Crippen molar-refractivity contribution in [2.45, 2.75) is 18.7 Å². The average molecular weight is 533 g/mol. The highest BCUT2D eigenvalue weighted by atomic mass is 35.5. The number of benzene rings is 2. The van der Waals surface area contributed by atoms with E-state index in [1.54, 1.807) is 24.3 Å². The quantitative estimate of drug-likeness (QED) is 0.0808. The highest BCUT2D eigenvalue weighted by molar-refractivity contribution is 7.94. The zero-order valence-corrected chi connectivity index (χ0v) is 20.6. The molecule has 0 aliphatic carbocycles. The molecule has 0 radical (unpaired) electrons. The Morgan fingerprint density at radius 3 is 2.33 bits per heavy atom. The summed E-state index contributed by atoms with van der Waals surface area (Å²) in [6, 6.07) is 10.9. The number of carboxylic acid groups (broad SMARTS) is 1. The van der Waals surface area contributed by atoms with Gasteiger partial charge in [0.05, 0.1) is 29.0 Å². The first kappa shape index (κ1) is 26.9. The van der Waals surface area contributed by atoms with Crippen molar-refractivity contribution in [2.24, 2.45) is 20.5 Å². The van der Waals surface area contributed by atoms with Gasteiger partial charge < -0.3 is 15.7 Å². The Morgan fingerprint density at radius 2 is 1.72 bits per heavy atom. The van der Waals surface area contributed by atoms with Gasteiger partial charge in [-0.2, -0.15) is 20.2 Å². The van der Waals surface area contributed by atoms with E-state index < -0.39 is 5.97 Å². The summed E-state index contributed by atoms with van der Waals surface area (Å²) in [6.07, 6.45) is 0. The standard InChI is InChI=1S/C21H21ClN8O5S/c1-3-30(4-2)21-24-18(22)17(19(23)25-21)29-28-16-10-7-13(11-15(16)20(31)32)27-26-12-5-8-14(9-6-12)36-35-34-33/h5-11,33H,3-4H2,1-2H3,(H,31,32)(H2,23,24,25). The molecular weight excluding hydrogens is 512 g/mol. The molecule has 1 heterocycles. The topological polar surface area (TPSA) is 180 Å². The second kappa shape index (κ2) is 12.9. The van der Waals surface area contributed by atoms with Crippen LogP contribution in [0, 0.1) is 0 Å². The lowest BCUT2D eigenvalue weighted by Gasteiger charge is -2.19. The molecule has 15 heteroatoms. The molecule has 0 aliphatic heterocycles. The number of nitrogens with zero attached hydrogens (tertiary/aromatic N) is 7. The molecule has 0 fully saturated rings. The summed E-state index contributed by atoms with van der Waals surface area (Å²) >= 11 is 7.04. The molecule has 0 unspecified atom stereocenters. The van der Waals surface area contributed by atoms with Crippen molar-refractivity contribution in [3.63, 3.8) is 0 Å². The minimum absolute atomic E-state index is 0.00434. The highest BCUT2D eigenvalue weighted by Gasteiger charge is 2.15. The Labute approximate surface area is 214 Å². The second-order valence-electron chi connectivity index (χ2n) is 6.85. The van der Waals surface area contributed by atoms with Crippen molar-refractivity contribution in [1.29, 1.82) is 0 Å². The molecule has 0 saturated heterocycles. The molecule has 0 saturated carbocycles. The van der Waals surface area contributed by atoms with Gasteiger partial charge in [0.15, 0.2) is 16.7 Å². The van der Waals surface area contributed by atoms with E-state index in [0.717, 1.165) is 12.0 Å². The summed E-state index contributed by atoms with van der Waals surface area (Å²) in [4.78, 5) is 22.8. The minimum Gasteiger partial charge on any atom is -0.478 e. The fourth-order valence-corrected chi connectivity index (χ4v) is 3.43. The van der Waals surface area contributed by atoms with Crippen LogP contribution in [0.4, 0.5) is 34.5 Å². The summed E-state index contributed by atoms with van der Waals surface area (Å²) < 4.78 is 4.34. The van der Waals surface area contributed by atoms with Crippen LogP contribution >= 0.6 is 23.6 Å². The molecule has 13 nitrogen and oxygen atoms in total. The number of carbonyl (C=O) groups is 1. The average Bonchev–Trinajstić information content (AvgIpc) is 2.87. The lowest BCUT2D eigenvalue weighted by molar-refractivity contribution is -0.432. The fourth-order valence-electron chi connectivity index (χ4n) is 2.86. The summed E-state index contributed by atoms with van der Waals surface area (Å²) in [5.41, 5.74) is 6.72. The Hall–Kier alpha value is -3.69. The number of azo groups is 2. The predicted octanol–water partition coefficient (Wildman–Crippen LogP) is 6.52. The van der Waals surface area contributed by atoms with Gasteiger partial charge in [-0.05, 0) is 56.3 Å². The van der Waals surface area contributed by atoms with Gasteiger partial charge in [0.25, 0.3) is 0 Å². The van der Waals surface area contributed by atoms with Gasteiger partial charge in [0.2, 0.25) is 5.95 Å². The van der Waals surface area contributed by atoms with Crippen LogP contribution in [0.25, 0.3) is 0 Å². The molecule has 1 aromatic heterocycles. The molecule has 188 valence electrons. The van der Waals surface area contributed by atoms with E-state index in [-0.39, 0.29) is 33.6 Å². The Balaban J connectivity index is 1.82. The molecule has 3 rings (SSSR count). The summed E-state index contributed by atoms with van der Waals surface area (Å²) in [5.74, 6) is -0.855. The van der Waals surface area contributed by atoms with E-state index in [4.69, 9.17) is 22.6 Å². The normalized spacial score (nSPS) is 11.4. The number of anilines is 2. The smallest absolute Gasteiger partial charge is 0.338 e. The monoisotopic (exact) mass is 532 g/mol. The van der Waals surface area contributed by atoms with Crippen molar-refractivity contribution < 1.29 is 24.5 Å². The number of nitrogens with two attached hydrogens (primary N) is 1. The van der Waals surface area contributed by atoms with Crippen LogP contribution in [-0.2, 0) is 9.37 Å². The van der Waals surface area contributed by atoms with Crippen LogP contribution in [0.2, 0.25) is 5.15 Å². The molecule has 4 N–H and O–H groups in total. The zero-order chi connectivity index (χ0) is 26.1. The minimum atomic E-state index is -1.24. The number of nitrogen functional groups attached to an aromatic ring is 1. The fraction of sp³-hybridized carbons (Fsp3) is 0.190. The number of halogens is 1. The van der Waals surface area contributed by atoms with Gasteiger partial charge in [-0.25, -0.2) is 10.1 Å². The number of rotatable bonds is 11. The predicted molar refractivity (Wildman–Crippen MR) is 134 cm³/mol. The lowest BCUT2D eigenvalue weighted by atomic mass is 10.1. The van der Waals surface area contributed by atoms with Crippen LogP contribution in [0.5, 0.6) is 0 Å². The molecular formula is C21H21ClN8O5S. The molecule has 0 aliphatic rings. The summed E-state index contributed by atoms with van der Waals surface area (Å²) in [5, 5.41) is 37.5. The highest BCUT2D eigenvalue weighted by Crippen LogP contribution is 2.34. The first-order valence-electron chi connectivity index (χ1n) is 10.4. The van der Waals surface area contributed by atoms with Gasteiger partial charge in [-0.1, -0.05) is 16.6 Å². The lowest BCUT2D eigenvalue weighted by Crippen LogP contribution is -2.24. The first-order valence-corrected chi connectivity index (χ1v) is 11.5. The van der Waals surface area contributed by atoms with E-state index in [2.05, 4.69) is 39.8 Å². The van der Waals surface area contributed by atoms with E-state index in [1.807, 2.05) is 18.7 Å². The number of hydrogen-bond donors (Lipinski definition) is 3. The number of hydrogen-bond acceptors (Lipinski definition) is 13. The van der Waals surface area contributed by atoms with Crippen molar-refractivity contribution in [3.8, 4) is 0 Å². The van der Waals surface area contributed by atoms with E-state index >= 15 is 0 Å². The van der Waals surface area contributed by atoms with Crippen molar-refractivity contribution >= 4 is 64.1 Å². The number of carboxylic acids is 1. The van der Waals surface area contributed by atoms with Gasteiger partial charge in [-0.3, -0.25) is 0 Å². The van der Waals surface area contributed by atoms with Gasteiger partial charge in [0, 0.05) is 18.0 Å². The molecule has 0 amide bonds. The van der Waals surface area contributed by atoms with Crippen LogP contribution < -0.4 is 10.6 Å². The largest absolute Gasteiger partial charge is 0.478 e. The molecule has 0 atom stereocenters. The summed E-state index contributed by atoms with van der Waals surface area (Å²) in [7, 11) is 0. The Bertz CT molecular complexity index is 1250. The maximum absolute atomic E-state index is 11.8. The van der Waals surface area contributed by atoms with E-state index in [9.17, 15) is 9.90 Å². The second-order valence-corrected chi connectivity index (χ2v) is 7.98. The molecule has 36 heavy (non-hydrogen) atoms. The first-order chi connectivity index (χ1) is 17.4. The Kier molecular flexibility index (Phi) is 9.61. The van der Waals surface area contributed by atoms with Crippen molar-refractivity contribution in [3.05, 3.63) is 53.2 Å². The van der Waals surface area contributed by atoms with Crippen molar-refractivity contribution in [2.75, 3.05) is 23.7 Å². The number of aromatic carboxylic acids is 1. The van der Waals surface area contributed by atoms with Crippen molar-refractivity contribution in [1.82, 2.24) is 9.97 Å². The molecule has 3 aromatic rings. The van der Waals surface area contributed by atoms with Gasteiger partial charge in [-0.15, -0.1) is 14.6 Å². The Morgan fingerprint density at radius 1 is 1.06 bits per heavy atom. The molecule has 0 bridgehead atoms. The van der Waals surface area contributed by atoms with Crippen LogP contribution in [-0.4, -0.2) is 39.4 Å². The zero-order valence-electron chi connectivity index (χ0n) is 19.1. The van der Waals surface area contributed by atoms with E-state index in [0.29, 0.717) is 29.6 Å². The third kappa shape index (κ3) is 6.93. The number of aromatic nitrogens is 2. The third-order valence-electron chi connectivity index (χ3n) is 4.65. The van der Waals surface area contributed by atoms with E-state index in [1.165, 1.54) is 18.2 Å².